The third-order valence-electron chi connectivity index (χ3n) is 5.76. The van der Waals surface area contributed by atoms with E-state index < -0.39 is 0 Å². The van der Waals surface area contributed by atoms with Crippen LogP contribution >= 0.6 is 23.2 Å². The third-order valence-corrected chi connectivity index (χ3v) is 6.62. The molecule has 7 heteroatoms. The van der Waals surface area contributed by atoms with Gasteiger partial charge in [-0.25, -0.2) is 4.98 Å². The molecule has 0 unspecified atom stereocenters. The van der Waals surface area contributed by atoms with Crippen LogP contribution in [-0.2, 0) is 19.5 Å². The number of aromatic nitrogens is 4. The molecule has 2 N–H and O–H groups in total. The quantitative estimate of drug-likeness (QED) is 0.459. The van der Waals surface area contributed by atoms with Crippen molar-refractivity contribution in [2.45, 2.75) is 33.4 Å². The number of imidazole rings is 1. The van der Waals surface area contributed by atoms with Crippen molar-refractivity contribution >= 4 is 34.2 Å². The van der Waals surface area contributed by atoms with Gasteiger partial charge < -0.3 is 4.98 Å². The van der Waals surface area contributed by atoms with Crippen LogP contribution in [0.1, 0.15) is 27.9 Å². The molecule has 0 radical (unpaired) electrons. The molecule has 2 aromatic carbocycles. The highest BCUT2D eigenvalue weighted by atomic mass is 35.5. The summed E-state index contributed by atoms with van der Waals surface area (Å²) < 4.78 is 0. The summed E-state index contributed by atoms with van der Waals surface area (Å²) in [6.45, 7) is 6.72. The van der Waals surface area contributed by atoms with Gasteiger partial charge in [-0.2, -0.15) is 5.10 Å². The summed E-state index contributed by atoms with van der Waals surface area (Å²) in [6, 6.07) is 10.1. The van der Waals surface area contributed by atoms with E-state index in [1.54, 1.807) is 0 Å². The number of aromatic amines is 2. The summed E-state index contributed by atoms with van der Waals surface area (Å²) in [5.41, 5.74) is 8.88. The molecular formula is C22H21Cl2N5. The molecule has 148 valence electrons. The van der Waals surface area contributed by atoms with Gasteiger partial charge >= 0.3 is 0 Å². The van der Waals surface area contributed by atoms with Crippen molar-refractivity contribution in [3.05, 3.63) is 68.3 Å². The second-order valence-corrected chi connectivity index (χ2v) is 8.53. The fourth-order valence-corrected chi connectivity index (χ4v) is 4.38. The number of hydrogen-bond acceptors (Lipinski definition) is 3. The van der Waals surface area contributed by atoms with Gasteiger partial charge in [0, 0.05) is 25.2 Å². The SMILES string of the molecule is Cc1cc2nc(-c3n[nH]c4c3CCN(Cc3cccc(Cl)c3Cl)C4)[nH]c2cc1C. The number of nitrogens with one attached hydrogen (secondary N) is 2. The lowest BCUT2D eigenvalue weighted by atomic mass is 10.0. The van der Waals surface area contributed by atoms with Gasteiger partial charge in [-0.1, -0.05) is 35.3 Å². The number of fused-ring (bicyclic) bond motifs is 2. The first-order valence-corrected chi connectivity index (χ1v) is 10.4. The van der Waals surface area contributed by atoms with Crippen molar-refractivity contribution in [3.8, 4) is 11.5 Å². The Hall–Kier alpha value is -2.34. The molecule has 0 saturated heterocycles. The van der Waals surface area contributed by atoms with Gasteiger partial charge in [0.15, 0.2) is 5.82 Å². The minimum Gasteiger partial charge on any atom is -0.337 e. The van der Waals surface area contributed by atoms with E-state index in [1.807, 2.05) is 18.2 Å². The molecule has 2 aromatic heterocycles. The Bertz CT molecular complexity index is 1180. The maximum atomic E-state index is 6.37. The highest BCUT2D eigenvalue weighted by molar-refractivity contribution is 6.42. The van der Waals surface area contributed by atoms with Crippen LogP contribution in [0.5, 0.6) is 0 Å². The summed E-state index contributed by atoms with van der Waals surface area (Å²) >= 11 is 12.5. The van der Waals surface area contributed by atoms with Gasteiger partial charge in [0.2, 0.25) is 0 Å². The van der Waals surface area contributed by atoms with Crippen LogP contribution in [0.15, 0.2) is 30.3 Å². The summed E-state index contributed by atoms with van der Waals surface area (Å²) in [6.07, 6.45) is 0.911. The lowest BCUT2D eigenvalue weighted by Crippen LogP contribution is -2.30. The van der Waals surface area contributed by atoms with E-state index in [1.165, 1.54) is 16.7 Å². The van der Waals surface area contributed by atoms with Crippen LogP contribution < -0.4 is 0 Å². The first kappa shape index (κ1) is 18.7. The molecule has 1 aliphatic rings. The monoisotopic (exact) mass is 425 g/mol. The van der Waals surface area contributed by atoms with Crippen molar-refractivity contribution in [2.24, 2.45) is 0 Å². The number of H-pyrrole nitrogens is 2. The predicted octanol–water partition coefficient (Wildman–Crippen LogP) is 5.43. The Labute approximate surface area is 179 Å². The molecular weight excluding hydrogens is 405 g/mol. The number of hydrogen-bond donors (Lipinski definition) is 2. The zero-order valence-electron chi connectivity index (χ0n) is 16.3. The van der Waals surface area contributed by atoms with Gasteiger partial charge in [0.05, 0.1) is 26.8 Å². The van der Waals surface area contributed by atoms with E-state index in [9.17, 15) is 0 Å². The topological polar surface area (TPSA) is 60.6 Å². The van der Waals surface area contributed by atoms with Crippen molar-refractivity contribution in [1.29, 1.82) is 0 Å². The first-order chi connectivity index (χ1) is 14.0. The molecule has 5 nitrogen and oxygen atoms in total. The van der Waals surface area contributed by atoms with Crippen LogP contribution in [0, 0.1) is 13.8 Å². The van der Waals surface area contributed by atoms with Crippen LogP contribution in [-0.4, -0.2) is 31.6 Å². The molecule has 3 heterocycles. The Morgan fingerprint density at radius 3 is 2.83 bits per heavy atom. The third kappa shape index (κ3) is 3.33. The summed E-state index contributed by atoms with van der Waals surface area (Å²) in [5, 5.41) is 9.05. The molecule has 4 aromatic rings. The molecule has 0 fully saturated rings. The van der Waals surface area contributed by atoms with Crippen molar-refractivity contribution < 1.29 is 0 Å². The minimum atomic E-state index is 0.598. The average molecular weight is 426 g/mol. The van der Waals surface area contributed by atoms with Crippen LogP contribution in [0.4, 0.5) is 0 Å². The second kappa shape index (κ2) is 7.17. The number of halogens is 2. The normalized spacial score (nSPS) is 14.5. The first-order valence-electron chi connectivity index (χ1n) is 9.68. The highest BCUT2D eigenvalue weighted by Crippen LogP contribution is 2.31. The van der Waals surface area contributed by atoms with Gasteiger partial charge in [0.25, 0.3) is 0 Å². The molecule has 0 saturated carbocycles. The van der Waals surface area contributed by atoms with E-state index >= 15 is 0 Å². The maximum absolute atomic E-state index is 6.37. The van der Waals surface area contributed by atoms with Crippen molar-refractivity contribution in [3.63, 3.8) is 0 Å². The lowest BCUT2D eigenvalue weighted by molar-refractivity contribution is 0.242. The van der Waals surface area contributed by atoms with Crippen LogP contribution in [0.25, 0.3) is 22.6 Å². The maximum Gasteiger partial charge on any atom is 0.159 e. The Morgan fingerprint density at radius 1 is 1.14 bits per heavy atom. The van der Waals surface area contributed by atoms with E-state index in [4.69, 9.17) is 28.2 Å². The van der Waals surface area contributed by atoms with E-state index in [0.717, 1.165) is 59.9 Å². The van der Waals surface area contributed by atoms with E-state index in [2.05, 4.69) is 46.1 Å². The fourth-order valence-electron chi connectivity index (χ4n) is 4.00. The summed E-state index contributed by atoms with van der Waals surface area (Å²) in [7, 11) is 0. The summed E-state index contributed by atoms with van der Waals surface area (Å²) in [4.78, 5) is 10.6. The largest absolute Gasteiger partial charge is 0.337 e. The number of rotatable bonds is 3. The Balaban J connectivity index is 1.41. The molecule has 5 rings (SSSR count). The van der Waals surface area contributed by atoms with Gasteiger partial charge in [-0.15, -0.1) is 0 Å². The molecule has 0 amide bonds. The molecule has 29 heavy (non-hydrogen) atoms. The van der Waals surface area contributed by atoms with Gasteiger partial charge in [-0.3, -0.25) is 10.00 Å². The predicted molar refractivity (Wildman–Crippen MR) is 117 cm³/mol. The van der Waals surface area contributed by atoms with Gasteiger partial charge in [0.1, 0.15) is 5.69 Å². The average Bonchev–Trinajstić information content (AvgIpc) is 3.29. The standard InChI is InChI=1S/C22H21Cl2N5/c1-12-8-17-18(9-13(12)2)26-22(25-17)21-15-6-7-29(11-19(15)27-28-21)10-14-4-3-5-16(23)20(14)24/h3-5,8-9H,6-7,10-11H2,1-2H3,(H,25,26)(H,27,28). The molecule has 0 aliphatic carbocycles. The van der Waals surface area contributed by atoms with E-state index in [0.29, 0.717) is 10.0 Å². The van der Waals surface area contributed by atoms with Crippen molar-refractivity contribution in [1.82, 2.24) is 25.1 Å². The van der Waals surface area contributed by atoms with E-state index in [-0.39, 0.29) is 0 Å². The van der Waals surface area contributed by atoms with Crippen LogP contribution in [0.2, 0.25) is 10.0 Å². The molecule has 1 aliphatic heterocycles. The minimum absolute atomic E-state index is 0.598. The van der Waals surface area contributed by atoms with Gasteiger partial charge in [-0.05, 0) is 55.2 Å². The number of benzene rings is 2. The smallest absolute Gasteiger partial charge is 0.159 e. The lowest BCUT2D eigenvalue weighted by Gasteiger charge is -2.27. The molecule has 0 bridgehead atoms. The molecule has 0 atom stereocenters. The Morgan fingerprint density at radius 2 is 1.97 bits per heavy atom. The zero-order valence-corrected chi connectivity index (χ0v) is 17.8. The summed E-state index contributed by atoms with van der Waals surface area (Å²) in [5.74, 6) is 0.828. The Kier molecular flexibility index (Phi) is 4.62. The van der Waals surface area contributed by atoms with Crippen molar-refractivity contribution in [2.75, 3.05) is 6.54 Å². The number of aryl methyl sites for hydroxylation is 2. The fraction of sp³-hybridized carbons (Fsp3) is 0.273. The van der Waals surface area contributed by atoms with Crippen LogP contribution in [0.3, 0.4) is 0 Å². The number of nitrogens with zero attached hydrogens (tertiary/aromatic N) is 3. The highest BCUT2D eigenvalue weighted by Gasteiger charge is 2.24. The molecule has 0 spiro atoms. The zero-order chi connectivity index (χ0) is 20.1. The second-order valence-electron chi connectivity index (χ2n) is 7.74.